The zero-order valence-corrected chi connectivity index (χ0v) is 13.4. The van der Waals surface area contributed by atoms with Crippen molar-refractivity contribution < 1.29 is 18.0 Å². The zero-order valence-electron chi connectivity index (χ0n) is 12.6. The van der Waals surface area contributed by atoms with Crippen LogP contribution in [-0.2, 0) is 0 Å². The number of rotatable bonds is 5. The number of ketones is 1. The highest BCUT2D eigenvalue weighted by Crippen LogP contribution is 2.23. The third kappa shape index (κ3) is 3.66. The molecule has 0 fully saturated rings. The molecule has 0 aliphatic heterocycles. The maximum absolute atomic E-state index is 13.6. The van der Waals surface area contributed by atoms with Gasteiger partial charge in [-0.25, -0.2) is 17.8 Å². The molecular weight excluding hydrogens is 353 g/mol. The lowest BCUT2D eigenvalue weighted by molar-refractivity contribution is 0.101. The SMILES string of the molecule is Nn1c(SCC(=O)c2cc(F)ccc2F)nnc1-c1cccc(F)c1. The molecule has 0 saturated carbocycles. The van der Waals surface area contributed by atoms with Crippen LogP contribution >= 0.6 is 11.8 Å². The molecule has 128 valence electrons. The predicted molar refractivity (Wildman–Crippen MR) is 87.0 cm³/mol. The first-order valence-electron chi connectivity index (χ1n) is 7.03. The summed E-state index contributed by atoms with van der Waals surface area (Å²) in [6.07, 6.45) is 0. The summed E-state index contributed by atoms with van der Waals surface area (Å²) in [7, 11) is 0. The summed E-state index contributed by atoms with van der Waals surface area (Å²) < 4.78 is 41.1. The number of Topliss-reactive ketones (excluding diaryl/α,β-unsaturated/α-hetero) is 1. The fourth-order valence-electron chi connectivity index (χ4n) is 2.12. The van der Waals surface area contributed by atoms with Crippen molar-refractivity contribution in [2.75, 3.05) is 11.6 Å². The van der Waals surface area contributed by atoms with Gasteiger partial charge >= 0.3 is 0 Å². The molecular formula is C16H11F3N4OS. The average molecular weight is 364 g/mol. The smallest absolute Gasteiger partial charge is 0.210 e. The van der Waals surface area contributed by atoms with Gasteiger partial charge in [0.1, 0.15) is 17.5 Å². The van der Waals surface area contributed by atoms with Gasteiger partial charge in [-0.15, -0.1) is 10.2 Å². The molecule has 0 atom stereocenters. The van der Waals surface area contributed by atoms with Gasteiger partial charge in [-0.3, -0.25) is 4.79 Å². The number of nitrogens with two attached hydrogens (primary N) is 1. The molecule has 0 bridgehead atoms. The molecule has 0 spiro atoms. The molecule has 0 amide bonds. The van der Waals surface area contributed by atoms with Crippen LogP contribution in [0.15, 0.2) is 47.6 Å². The Hall–Kier alpha value is -2.81. The third-order valence-corrected chi connectivity index (χ3v) is 4.25. The number of hydrogen-bond donors (Lipinski definition) is 1. The van der Waals surface area contributed by atoms with Gasteiger partial charge in [0.05, 0.1) is 11.3 Å². The van der Waals surface area contributed by atoms with Crippen molar-refractivity contribution in [1.29, 1.82) is 0 Å². The Bertz CT molecular complexity index is 945. The van der Waals surface area contributed by atoms with E-state index in [9.17, 15) is 18.0 Å². The largest absolute Gasteiger partial charge is 0.335 e. The lowest BCUT2D eigenvalue weighted by Crippen LogP contribution is -2.13. The number of aromatic nitrogens is 3. The molecule has 2 N–H and O–H groups in total. The van der Waals surface area contributed by atoms with E-state index >= 15 is 0 Å². The molecule has 1 aromatic heterocycles. The number of benzene rings is 2. The highest BCUT2D eigenvalue weighted by Gasteiger charge is 2.17. The van der Waals surface area contributed by atoms with Crippen LogP contribution < -0.4 is 5.84 Å². The second-order valence-electron chi connectivity index (χ2n) is 5.02. The first-order chi connectivity index (χ1) is 12.0. The molecule has 3 aromatic rings. The van der Waals surface area contributed by atoms with Crippen LogP contribution in [0, 0.1) is 17.5 Å². The number of hydrogen-bond acceptors (Lipinski definition) is 5. The molecule has 0 radical (unpaired) electrons. The van der Waals surface area contributed by atoms with Crippen LogP contribution in [0.1, 0.15) is 10.4 Å². The molecule has 0 saturated heterocycles. The highest BCUT2D eigenvalue weighted by atomic mass is 32.2. The third-order valence-electron chi connectivity index (χ3n) is 3.31. The maximum atomic E-state index is 13.6. The van der Waals surface area contributed by atoms with Crippen LogP contribution in [0.2, 0.25) is 0 Å². The molecule has 25 heavy (non-hydrogen) atoms. The first-order valence-corrected chi connectivity index (χ1v) is 8.02. The predicted octanol–water partition coefficient (Wildman–Crippen LogP) is 3.05. The van der Waals surface area contributed by atoms with E-state index in [-0.39, 0.29) is 22.3 Å². The van der Waals surface area contributed by atoms with E-state index < -0.39 is 23.2 Å². The Morgan fingerprint density at radius 2 is 1.84 bits per heavy atom. The van der Waals surface area contributed by atoms with Crippen molar-refractivity contribution in [1.82, 2.24) is 14.9 Å². The Balaban J connectivity index is 1.76. The summed E-state index contributed by atoms with van der Waals surface area (Å²) in [5, 5.41) is 7.88. The lowest BCUT2D eigenvalue weighted by atomic mass is 10.1. The van der Waals surface area contributed by atoms with Crippen molar-refractivity contribution in [2.45, 2.75) is 5.16 Å². The second kappa shape index (κ2) is 6.98. The number of nitrogen functional groups attached to an aromatic ring is 1. The van der Waals surface area contributed by atoms with Gasteiger partial charge in [0.15, 0.2) is 11.6 Å². The minimum absolute atomic E-state index is 0.185. The lowest BCUT2D eigenvalue weighted by Gasteiger charge is -2.04. The molecule has 0 aliphatic rings. The van der Waals surface area contributed by atoms with Crippen molar-refractivity contribution >= 4 is 17.5 Å². The topological polar surface area (TPSA) is 73.8 Å². The molecule has 9 heteroatoms. The van der Waals surface area contributed by atoms with E-state index in [1.807, 2.05) is 0 Å². The number of halogens is 3. The summed E-state index contributed by atoms with van der Waals surface area (Å²) in [5.41, 5.74) is 0.0743. The maximum Gasteiger partial charge on any atom is 0.210 e. The molecule has 0 unspecified atom stereocenters. The van der Waals surface area contributed by atoms with E-state index in [1.54, 1.807) is 6.07 Å². The summed E-state index contributed by atoms with van der Waals surface area (Å²) in [6, 6.07) is 8.30. The quantitative estimate of drug-likeness (QED) is 0.428. The average Bonchev–Trinajstić information content (AvgIpc) is 2.95. The van der Waals surface area contributed by atoms with Gasteiger partial charge in [0, 0.05) is 5.56 Å². The molecule has 5 nitrogen and oxygen atoms in total. The molecule has 2 aromatic carbocycles. The van der Waals surface area contributed by atoms with Gasteiger partial charge < -0.3 is 5.84 Å². The molecule has 3 rings (SSSR count). The van der Waals surface area contributed by atoms with Gasteiger partial charge in [0.25, 0.3) is 0 Å². The summed E-state index contributed by atoms with van der Waals surface area (Å²) in [6.45, 7) is 0. The summed E-state index contributed by atoms with van der Waals surface area (Å²) in [5.74, 6) is 3.30. The first kappa shape index (κ1) is 17.0. The highest BCUT2D eigenvalue weighted by molar-refractivity contribution is 7.99. The Morgan fingerprint density at radius 3 is 2.60 bits per heavy atom. The van der Waals surface area contributed by atoms with Crippen LogP contribution in [-0.4, -0.2) is 26.4 Å². The zero-order chi connectivity index (χ0) is 18.0. The van der Waals surface area contributed by atoms with Gasteiger partial charge in [0.2, 0.25) is 5.16 Å². The van der Waals surface area contributed by atoms with Crippen molar-refractivity contribution in [3.8, 4) is 11.4 Å². The fourth-order valence-corrected chi connectivity index (χ4v) is 2.86. The monoisotopic (exact) mass is 364 g/mol. The van der Waals surface area contributed by atoms with Gasteiger partial charge in [-0.05, 0) is 30.3 Å². The number of nitrogens with zero attached hydrogens (tertiary/aromatic N) is 3. The van der Waals surface area contributed by atoms with Crippen LogP contribution in [0.4, 0.5) is 13.2 Å². The van der Waals surface area contributed by atoms with Crippen molar-refractivity contribution in [3.05, 3.63) is 65.5 Å². The number of carbonyl (C=O) groups is 1. The summed E-state index contributed by atoms with van der Waals surface area (Å²) >= 11 is 0.916. The van der Waals surface area contributed by atoms with Crippen molar-refractivity contribution in [2.24, 2.45) is 0 Å². The Morgan fingerprint density at radius 1 is 1.08 bits per heavy atom. The van der Waals surface area contributed by atoms with Gasteiger partial charge in [-0.1, -0.05) is 23.9 Å². The van der Waals surface area contributed by atoms with E-state index in [0.717, 1.165) is 34.6 Å². The number of thioether (sulfide) groups is 1. The number of carbonyl (C=O) groups excluding carboxylic acids is 1. The van der Waals surface area contributed by atoms with Gasteiger partial charge in [-0.2, -0.15) is 0 Å². The Labute approximate surface area is 144 Å². The van der Waals surface area contributed by atoms with Crippen LogP contribution in [0.25, 0.3) is 11.4 Å². The Kier molecular flexibility index (Phi) is 4.75. The molecule has 0 aliphatic carbocycles. The standard InChI is InChI=1S/C16H11F3N4OS/c17-10-3-1-2-9(6-10)15-21-22-16(23(15)20)25-8-14(24)12-7-11(18)4-5-13(12)19/h1-7H,8,20H2. The van der Waals surface area contributed by atoms with E-state index in [0.29, 0.717) is 5.56 Å². The van der Waals surface area contributed by atoms with E-state index in [4.69, 9.17) is 5.84 Å². The fraction of sp³-hybridized carbons (Fsp3) is 0.0625. The minimum Gasteiger partial charge on any atom is -0.335 e. The normalized spacial score (nSPS) is 10.8. The summed E-state index contributed by atoms with van der Waals surface area (Å²) in [4.78, 5) is 12.0. The molecule has 1 heterocycles. The van der Waals surface area contributed by atoms with Crippen LogP contribution in [0.3, 0.4) is 0 Å². The van der Waals surface area contributed by atoms with Crippen LogP contribution in [0.5, 0.6) is 0 Å². The van der Waals surface area contributed by atoms with Crippen molar-refractivity contribution in [3.63, 3.8) is 0 Å². The van der Waals surface area contributed by atoms with E-state index in [1.165, 1.54) is 18.2 Å². The minimum atomic E-state index is -0.804. The second-order valence-corrected chi connectivity index (χ2v) is 5.97. The van der Waals surface area contributed by atoms with E-state index in [2.05, 4.69) is 10.2 Å².